The van der Waals surface area contributed by atoms with Gasteiger partial charge in [0.15, 0.2) is 5.76 Å². The van der Waals surface area contributed by atoms with Gasteiger partial charge in [0.05, 0.1) is 0 Å². The van der Waals surface area contributed by atoms with Crippen molar-refractivity contribution >= 4 is 10.0 Å². The lowest BCUT2D eigenvalue weighted by molar-refractivity contribution is 0.129. The quantitative estimate of drug-likeness (QED) is 0.824. The summed E-state index contributed by atoms with van der Waals surface area (Å²) in [6, 6.07) is 1.71. The Bertz CT molecular complexity index is 806. The van der Waals surface area contributed by atoms with Gasteiger partial charge in [-0.25, -0.2) is 13.4 Å². The molecule has 0 saturated carbocycles. The minimum atomic E-state index is -3.59. The number of hydrogen-bond donors (Lipinski definition) is 0. The summed E-state index contributed by atoms with van der Waals surface area (Å²) in [4.78, 5) is 8.42. The zero-order chi connectivity index (χ0) is 17.3. The fraction of sp³-hybridized carbons (Fsp3) is 0.533. The molecule has 0 aliphatic carbocycles. The summed E-state index contributed by atoms with van der Waals surface area (Å²) in [7, 11) is -3.59. The molecule has 0 unspecified atom stereocenters. The van der Waals surface area contributed by atoms with Crippen LogP contribution in [-0.4, -0.2) is 47.0 Å². The Morgan fingerprint density at radius 3 is 2.54 bits per heavy atom. The molecule has 8 nitrogen and oxygen atoms in total. The number of hydrogen-bond acceptors (Lipinski definition) is 7. The van der Waals surface area contributed by atoms with E-state index in [0.717, 1.165) is 0 Å². The van der Waals surface area contributed by atoms with Gasteiger partial charge in [-0.05, 0) is 33.6 Å². The van der Waals surface area contributed by atoms with Crippen LogP contribution >= 0.6 is 0 Å². The average molecular weight is 352 g/mol. The summed E-state index contributed by atoms with van der Waals surface area (Å²) >= 11 is 0. The van der Waals surface area contributed by atoms with Gasteiger partial charge in [0.1, 0.15) is 22.5 Å². The number of aryl methyl sites for hydroxylation is 3. The molecule has 0 spiro atoms. The maximum atomic E-state index is 12.8. The third kappa shape index (κ3) is 3.27. The van der Waals surface area contributed by atoms with Crippen molar-refractivity contribution in [2.45, 2.75) is 44.6 Å². The van der Waals surface area contributed by atoms with Crippen LogP contribution < -0.4 is 4.74 Å². The standard InChI is InChI=1S/C15H20N4O4S/c1-10-15(11(2)23-18-10)24(20,21)19-8-5-13(6-9-19)22-14-4-7-16-12(3)17-14/h4,7,13H,5-6,8-9H2,1-3H3. The van der Waals surface area contributed by atoms with Crippen molar-refractivity contribution < 1.29 is 17.7 Å². The smallest absolute Gasteiger partial charge is 0.248 e. The highest BCUT2D eigenvalue weighted by atomic mass is 32.2. The fourth-order valence-corrected chi connectivity index (χ4v) is 4.59. The topological polar surface area (TPSA) is 98.4 Å². The predicted molar refractivity (Wildman–Crippen MR) is 85.2 cm³/mol. The zero-order valence-corrected chi connectivity index (χ0v) is 14.7. The minimum Gasteiger partial charge on any atom is -0.474 e. The normalized spacial score (nSPS) is 17.1. The monoisotopic (exact) mass is 352 g/mol. The van der Waals surface area contributed by atoms with Crippen LogP contribution in [0.1, 0.15) is 30.1 Å². The van der Waals surface area contributed by atoms with Crippen molar-refractivity contribution in [2.24, 2.45) is 0 Å². The van der Waals surface area contributed by atoms with Crippen LogP contribution in [0.3, 0.4) is 0 Å². The number of nitrogens with zero attached hydrogens (tertiary/aromatic N) is 4. The first-order valence-corrected chi connectivity index (χ1v) is 9.21. The molecule has 0 aromatic carbocycles. The molecule has 0 N–H and O–H groups in total. The maximum Gasteiger partial charge on any atom is 0.248 e. The third-order valence-electron chi connectivity index (χ3n) is 4.00. The summed E-state index contributed by atoms with van der Waals surface area (Å²) in [6.45, 7) is 5.82. The molecule has 9 heteroatoms. The molecule has 130 valence electrons. The van der Waals surface area contributed by atoms with Crippen molar-refractivity contribution in [3.8, 4) is 5.88 Å². The average Bonchev–Trinajstić information content (AvgIpc) is 2.87. The molecular weight excluding hydrogens is 332 g/mol. The van der Waals surface area contributed by atoms with E-state index in [-0.39, 0.29) is 11.0 Å². The summed E-state index contributed by atoms with van der Waals surface area (Å²) in [6.07, 6.45) is 2.79. The van der Waals surface area contributed by atoms with Gasteiger partial charge in [0.25, 0.3) is 0 Å². The minimum absolute atomic E-state index is 0.0598. The SMILES string of the molecule is Cc1nccc(OC2CCN(S(=O)(=O)c3c(C)noc3C)CC2)n1. The van der Waals surface area contributed by atoms with Crippen molar-refractivity contribution in [2.75, 3.05) is 13.1 Å². The second-order valence-corrected chi connectivity index (χ2v) is 7.69. The van der Waals surface area contributed by atoms with Crippen LogP contribution in [0.2, 0.25) is 0 Å². The summed E-state index contributed by atoms with van der Waals surface area (Å²) < 4.78 is 37.8. The zero-order valence-electron chi connectivity index (χ0n) is 13.9. The van der Waals surface area contributed by atoms with E-state index in [1.807, 2.05) is 0 Å². The first-order valence-electron chi connectivity index (χ1n) is 7.77. The summed E-state index contributed by atoms with van der Waals surface area (Å²) in [5.74, 6) is 1.49. The molecule has 2 aromatic rings. The highest BCUT2D eigenvalue weighted by Crippen LogP contribution is 2.26. The Hall–Kier alpha value is -2.00. The van der Waals surface area contributed by atoms with Gasteiger partial charge >= 0.3 is 0 Å². The van der Waals surface area contributed by atoms with E-state index < -0.39 is 10.0 Å². The van der Waals surface area contributed by atoms with E-state index in [9.17, 15) is 8.42 Å². The first kappa shape index (κ1) is 16.8. The number of sulfonamides is 1. The van der Waals surface area contributed by atoms with Gasteiger partial charge in [-0.2, -0.15) is 9.29 Å². The molecule has 2 aromatic heterocycles. The lowest BCUT2D eigenvalue weighted by Gasteiger charge is -2.31. The van der Waals surface area contributed by atoms with Crippen molar-refractivity contribution in [1.82, 2.24) is 19.4 Å². The molecule has 1 fully saturated rings. The van der Waals surface area contributed by atoms with Crippen LogP contribution in [0, 0.1) is 20.8 Å². The van der Waals surface area contributed by atoms with Crippen LogP contribution in [0.25, 0.3) is 0 Å². The van der Waals surface area contributed by atoms with E-state index in [2.05, 4.69) is 15.1 Å². The Balaban J connectivity index is 1.67. The highest BCUT2D eigenvalue weighted by molar-refractivity contribution is 7.89. The lowest BCUT2D eigenvalue weighted by Crippen LogP contribution is -2.42. The van der Waals surface area contributed by atoms with Crippen molar-refractivity contribution in [1.29, 1.82) is 0 Å². The lowest BCUT2D eigenvalue weighted by atomic mass is 10.1. The van der Waals surface area contributed by atoms with Crippen LogP contribution in [0.4, 0.5) is 0 Å². The second kappa shape index (κ2) is 6.48. The van der Waals surface area contributed by atoms with E-state index in [1.165, 1.54) is 4.31 Å². The number of piperidine rings is 1. The highest BCUT2D eigenvalue weighted by Gasteiger charge is 2.34. The number of rotatable bonds is 4. The fourth-order valence-electron chi connectivity index (χ4n) is 2.83. The maximum absolute atomic E-state index is 12.8. The van der Waals surface area contributed by atoms with Crippen LogP contribution in [0.15, 0.2) is 21.7 Å². The summed E-state index contributed by atoms with van der Waals surface area (Å²) in [5, 5.41) is 3.74. The molecule has 0 radical (unpaired) electrons. The summed E-state index contributed by atoms with van der Waals surface area (Å²) in [5.41, 5.74) is 0.391. The molecule has 0 amide bonds. The molecule has 24 heavy (non-hydrogen) atoms. The molecular formula is C15H20N4O4S. The Morgan fingerprint density at radius 1 is 1.25 bits per heavy atom. The number of aromatic nitrogens is 3. The van der Waals surface area contributed by atoms with E-state index in [0.29, 0.717) is 49.1 Å². The van der Waals surface area contributed by atoms with Gasteiger partial charge in [-0.15, -0.1) is 0 Å². The first-order chi connectivity index (χ1) is 11.4. The van der Waals surface area contributed by atoms with E-state index in [4.69, 9.17) is 9.26 Å². The Labute approximate surface area is 140 Å². The number of ether oxygens (including phenoxy) is 1. The molecule has 1 aliphatic heterocycles. The predicted octanol–water partition coefficient (Wildman–Crippen LogP) is 1.62. The Kier molecular flexibility index (Phi) is 4.55. The molecule has 1 aliphatic rings. The second-order valence-electron chi connectivity index (χ2n) is 5.82. The van der Waals surface area contributed by atoms with Crippen LogP contribution in [0.5, 0.6) is 5.88 Å². The van der Waals surface area contributed by atoms with Crippen molar-refractivity contribution in [3.05, 3.63) is 29.5 Å². The van der Waals surface area contributed by atoms with Gasteiger partial charge in [0.2, 0.25) is 15.9 Å². The third-order valence-corrected chi connectivity index (χ3v) is 6.15. The van der Waals surface area contributed by atoms with Crippen molar-refractivity contribution in [3.63, 3.8) is 0 Å². The molecule has 3 heterocycles. The van der Waals surface area contributed by atoms with E-state index >= 15 is 0 Å². The molecule has 0 bridgehead atoms. The van der Waals surface area contributed by atoms with Gasteiger partial charge in [-0.1, -0.05) is 5.16 Å². The van der Waals surface area contributed by atoms with Gasteiger partial charge < -0.3 is 9.26 Å². The van der Waals surface area contributed by atoms with Gasteiger partial charge in [-0.3, -0.25) is 0 Å². The van der Waals surface area contributed by atoms with Crippen LogP contribution in [-0.2, 0) is 10.0 Å². The molecule has 0 atom stereocenters. The molecule has 1 saturated heterocycles. The van der Waals surface area contributed by atoms with Gasteiger partial charge in [0, 0.05) is 25.4 Å². The Morgan fingerprint density at radius 2 is 1.96 bits per heavy atom. The molecule has 3 rings (SSSR count). The largest absolute Gasteiger partial charge is 0.474 e. The van der Waals surface area contributed by atoms with E-state index in [1.54, 1.807) is 33.0 Å².